The number of nitrogens with one attached hydrogen (secondary N) is 4. The smallest absolute Gasteiger partial charge is 0.291 e. The van der Waals surface area contributed by atoms with Crippen molar-refractivity contribution in [1.29, 1.82) is 0 Å². The maximum atomic E-state index is 13.9. The summed E-state index contributed by atoms with van der Waals surface area (Å²) in [6.07, 6.45) is 6.37. The first-order valence-electron chi connectivity index (χ1n) is 24.8. The van der Waals surface area contributed by atoms with Gasteiger partial charge in [0.05, 0.1) is 37.1 Å². The zero-order valence-electron chi connectivity index (χ0n) is 42.4. The number of likely N-dealkylation sites (N-methyl/N-ethyl adjacent to an activating group) is 1. The lowest BCUT2D eigenvalue weighted by atomic mass is 9.93. The summed E-state index contributed by atoms with van der Waals surface area (Å²) in [7, 11) is 5.12. The van der Waals surface area contributed by atoms with Crippen LogP contribution >= 0.6 is 0 Å². The Bertz CT molecular complexity index is 2820. The predicted molar refractivity (Wildman–Crippen MR) is 273 cm³/mol. The van der Waals surface area contributed by atoms with Gasteiger partial charge in [0, 0.05) is 108 Å². The fourth-order valence-corrected chi connectivity index (χ4v) is 9.10. The van der Waals surface area contributed by atoms with Gasteiger partial charge in [-0.2, -0.15) is 0 Å². The lowest BCUT2D eigenvalue weighted by molar-refractivity contribution is -0.137. The molecule has 20 nitrogen and oxygen atoms in total. The molecule has 0 spiro atoms. The number of aromatic nitrogens is 2. The topological polar surface area (TPSA) is 248 Å². The number of ketones is 2. The molecule has 0 bridgehead atoms. The first-order valence-corrected chi connectivity index (χ1v) is 24.8. The molecule has 390 valence electrons. The Hall–Kier alpha value is -8.16. The van der Waals surface area contributed by atoms with E-state index >= 15 is 0 Å². The van der Waals surface area contributed by atoms with Crippen LogP contribution in [-0.2, 0) is 60.0 Å². The summed E-state index contributed by atoms with van der Waals surface area (Å²) < 4.78 is 13.3. The zero-order valence-corrected chi connectivity index (χ0v) is 42.4. The summed E-state index contributed by atoms with van der Waals surface area (Å²) in [5.74, 6) is -2.37. The number of unbranched alkanes of at least 4 members (excludes halogenated alkanes) is 1. The summed E-state index contributed by atoms with van der Waals surface area (Å²) >= 11 is 0. The summed E-state index contributed by atoms with van der Waals surface area (Å²) in [4.78, 5) is 123. The molecule has 7 rings (SSSR count). The number of imidazole rings is 1. The fourth-order valence-electron chi connectivity index (χ4n) is 9.10. The number of imide groups is 1. The predicted octanol–water partition coefficient (Wildman–Crippen LogP) is 4.31. The highest BCUT2D eigenvalue weighted by Gasteiger charge is 2.36. The second-order valence-corrected chi connectivity index (χ2v) is 18.9. The van der Waals surface area contributed by atoms with E-state index in [0.717, 1.165) is 22.6 Å². The Kier molecular flexibility index (Phi) is 17.8. The van der Waals surface area contributed by atoms with E-state index in [1.165, 1.54) is 35.6 Å². The average molecular weight is 1010 g/mol. The minimum atomic E-state index is -0.823. The van der Waals surface area contributed by atoms with Crippen molar-refractivity contribution in [3.05, 3.63) is 107 Å². The van der Waals surface area contributed by atoms with Crippen molar-refractivity contribution in [1.82, 2.24) is 30.0 Å². The Morgan fingerprint density at radius 1 is 0.824 bits per heavy atom. The lowest BCUT2D eigenvalue weighted by Crippen LogP contribution is -2.47. The Morgan fingerprint density at radius 2 is 1.53 bits per heavy atom. The molecule has 0 unspecified atom stereocenters. The molecule has 0 saturated carbocycles. The van der Waals surface area contributed by atoms with E-state index in [1.807, 2.05) is 30.1 Å². The molecule has 3 atom stereocenters. The SMILES string of the molecule is COc1cc2c(cc1OCCCC(=O)Nc1cn(C)c(C(=O)Nc3ccc(CC(=O)[C@H](C)NC(=O)[C@H](C)CC(=O)CCCCC(=O)NCCN4C(=O)C=CC4=O)cc3)n1)N(C)C[C@@H]1Cc3ccccc3CN1C2=O. The highest BCUT2D eigenvalue weighted by atomic mass is 16.5. The van der Waals surface area contributed by atoms with Crippen molar-refractivity contribution in [2.45, 2.75) is 90.3 Å². The number of nitrogens with zero attached hydrogens (tertiary/aromatic N) is 5. The van der Waals surface area contributed by atoms with Crippen LogP contribution in [0, 0.1) is 5.92 Å². The Balaban J connectivity index is 0.788. The summed E-state index contributed by atoms with van der Waals surface area (Å²) in [6.45, 7) is 4.79. The second kappa shape index (κ2) is 24.5. The molecule has 4 heterocycles. The molecule has 74 heavy (non-hydrogen) atoms. The van der Waals surface area contributed by atoms with Crippen LogP contribution in [-0.4, -0.2) is 125 Å². The number of carbonyl (C=O) groups excluding carboxylic acids is 9. The van der Waals surface area contributed by atoms with E-state index in [0.29, 0.717) is 60.7 Å². The Morgan fingerprint density at radius 3 is 2.26 bits per heavy atom. The number of carbonyl (C=O) groups is 9. The van der Waals surface area contributed by atoms with Gasteiger partial charge < -0.3 is 45.1 Å². The summed E-state index contributed by atoms with van der Waals surface area (Å²) in [5.41, 5.74) is 4.78. The molecule has 0 radical (unpaired) electrons. The maximum absolute atomic E-state index is 13.9. The number of hydrogen-bond donors (Lipinski definition) is 4. The minimum Gasteiger partial charge on any atom is -0.493 e. The van der Waals surface area contributed by atoms with Gasteiger partial charge >= 0.3 is 0 Å². The van der Waals surface area contributed by atoms with Crippen LogP contribution in [0.5, 0.6) is 11.5 Å². The zero-order chi connectivity index (χ0) is 53.1. The quantitative estimate of drug-likeness (QED) is 0.0566. The van der Waals surface area contributed by atoms with Crippen molar-refractivity contribution in [3.63, 3.8) is 0 Å². The van der Waals surface area contributed by atoms with E-state index in [9.17, 15) is 43.2 Å². The van der Waals surface area contributed by atoms with Crippen LogP contribution in [0.15, 0.2) is 79.0 Å². The number of rotatable bonds is 24. The molecule has 20 heteroatoms. The van der Waals surface area contributed by atoms with Gasteiger partial charge in [-0.1, -0.05) is 43.3 Å². The van der Waals surface area contributed by atoms with Gasteiger partial charge in [0.2, 0.25) is 23.5 Å². The molecule has 3 aliphatic heterocycles. The normalized spacial score (nSPS) is 15.6. The number of hydrogen-bond acceptors (Lipinski definition) is 13. The molecule has 3 aliphatic rings. The third kappa shape index (κ3) is 13.7. The van der Waals surface area contributed by atoms with Crippen LogP contribution < -0.4 is 35.6 Å². The molecular weight excluding hydrogens is 951 g/mol. The monoisotopic (exact) mass is 1010 g/mol. The van der Waals surface area contributed by atoms with E-state index in [4.69, 9.17) is 9.47 Å². The molecule has 4 aromatic rings. The van der Waals surface area contributed by atoms with Crippen molar-refractivity contribution in [3.8, 4) is 11.5 Å². The maximum Gasteiger partial charge on any atom is 0.291 e. The van der Waals surface area contributed by atoms with Crippen LogP contribution in [0.2, 0.25) is 0 Å². The van der Waals surface area contributed by atoms with Crippen LogP contribution in [0.4, 0.5) is 17.2 Å². The molecule has 0 aliphatic carbocycles. The van der Waals surface area contributed by atoms with Gasteiger partial charge in [0.1, 0.15) is 5.78 Å². The third-order valence-corrected chi connectivity index (χ3v) is 13.3. The van der Waals surface area contributed by atoms with Crippen molar-refractivity contribution >= 4 is 70.1 Å². The van der Waals surface area contributed by atoms with Crippen LogP contribution in [0.1, 0.15) is 96.5 Å². The number of fused-ring (bicyclic) bond motifs is 3. The number of anilines is 3. The standard InChI is InChI=1S/C54H63N9O11/c1-33(25-40(64)13-8-9-14-47(66)55-22-23-62-49(68)20-21-50(62)69)52(70)56-34(2)43(65)26-35-16-18-38(19-17-35)57-53(71)51-59-46(32-61(51)4)58-48(67)15-10-24-74-45-29-42-41(28-44(45)73-5)54(72)63-30-37-12-7-6-11-36(37)27-39(63)31-60(42)3/h6-7,11-12,16-21,28-29,32-34,39H,8-10,13-15,22-27,30-31H2,1-5H3,(H,55,66)(H,56,70)(H,57,71)(H,58,67)/t33-,34+,39+/m1/s1. The van der Waals surface area contributed by atoms with Crippen molar-refractivity contribution in [2.24, 2.45) is 13.0 Å². The highest BCUT2D eigenvalue weighted by Crippen LogP contribution is 2.39. The van der Waals surface area contributed by atoms with Crippen LogP contribution in [0.3, 0.4) is 0 Å². The van der Waals surface area contributed by atoms with E-state index in [1.54, 1.807) is 51.2 Å². The van der Waals surface area contributed by atoms with Gasteiger partial charge in [0.15, 0.2) is 23.1 Å². The average Bonchev–Trinajstić information content (AvgIpc) is 3.88. The molecule has 0 fully saturated rings. The molecule has 7 amide bonds. The number of ether oxygens (including phenoxy) is 2. The van der Waals surface area contributed by atoms with Gasteiger partial charge in [-0.05, 0) is 67.5 Å². The number of amides is 7. The molecular formula is C54H63N9O11. The number of methoxy groups -OCH3 is 1. The van der Waals surface area contributed by atoms with Crippen molar-refractivity contribution < 1.29 is 52.6 Å². The third-order valence-electron chi connectivity index (χ3n) is 13.3. The van der Waals surface area contributed by atoms with Gasteiger partial charge in [-0.15, -0.1) is 0 Å². The largest absolute Gasteiger partial charge is 0.493 e. The van der Waals surface area contributed by atoms with E-state index in [-0.39, 0.29) is 98.8 Å². The fraction of sp³-hybridized carbons (Fsp3) is 0.407. The highest BCUT2D eigenvalue weighted by molar-refractivity contribution is 6.13. The van der Waals surface area contributed by atoms with E-state index < -0.39 is 35.6 Å². The number of aryl methyl sites for hydroxylation is 1. The summed E-state index contributed by atoms with van der Waals surface area (Å²) in [5, 5.41) is 10.9. The summed E-state index contributed by atoms with van der Waals surface area (Å²) in [6, 6.07) is 17.6. The Labute approximate surface area is 429 Å². The second-order valence-electron chi connectivity index (χ2n) is 18.9. The van der Waals surface area contributed by atoms with Crippen molar-refractivity contribution in [2.75, 3.05) is 55.9 Å². The van der Waals surface area contributed by atoms with E-state index in [2.05, 4.69) is 43.3 Å². The van der Waals surface area contributed by atoms with Gasteiger partial charge in [-0.25, -0.2) is 4.98 Å². The van der Waals surface area contributed by atoms with Crippen LogP contribution in [0.25, 0.3) is 0 Å². The molecule has 3 aromatic carbocycles. The van der Waals surface area contributed by atoms with Gasteiger partial charge in [0.25, 0.3) is 23.6 Å². The number of benzene rings is 3. The minimum absolute atomic E-state index is 0.00836. The van der Waals surface area contributed by atoms with Gasteiger partial charge in [-0.3, -0.25) is 48.1 Å². The first-order chi connectivity index (χ1) is 35.5. The first kappa shape index (κ1) is 53.6. The number of Topliss-reactive ketones (excluding diaryl/α,β-unsaturated/α-hetero) is 2. The lowest BCUT2D eigenvalue weighted by Gasteiger charge is -2.36. The molecule has 0 saturated heterocycles. The molecule has 1 aromatic heterocycles. The molecule has 4 N–H and O–H groups in total.